The normalized spacial score (nSPS) is 28.6. The molecule has 8 heteroatoms. The number of nitrogens with zero attached hydrogens (tertiary/aromatic N) is 3. The average Bonchev–Trinajstić information content (AvgIpc) is 3.36. The van der Waals surface area contributed by atoms with Crippen molar-refractivity contribution in [2.45, 2.75) is 50.5 Å². The van der Waals surface area contributed by atoms with Crippen LogP contribution < -0.4 is 10.5 Å². The minimum absolute atomic E-state index is 0.0316. The maximum absolute atomic E-state index is 6.59. The zero-order chi connectivity index (χ0) is 22.8. The monoisotopic (exact) mass is 447 g/mol. The molecule has 1 spiro atoms. The smallest absolute Gasteiger partial charge is 0.221 e. The molecular formula is C25H29N5O3. The summed E-state index contributed by atoms with van der Waals surface area (Å²) in [5, 5.41) is 9.82. The first-order valence-electron chi connectivity index (χ1n) is 11.5. The molecule has 3 aromatic rings. The fraction of sp³-hybridized carbons (Fsp3) is 0.440. The number of ether oxygens (including phenoxy) is 2. The molecule has 0 saturated carbocycles. The van der Waals surface area contributed by atoms with E-state index in [-0.39, 0.29) is 11.7 Å². The molecule has 1 aromatic heterocycles. The Morgan fingerprint density at radius 3 is 2.73 bits per heavy atom. The molecule has 2 aromatic carbocycles. The Morgan fingerprint density at radius 2 is 1.94 bits per heavy atom. The summed E-state index contributed by atoms with van der Waals surface area (Å²) < 4.78 is 12.5. The van der Waals surface area contributed by atoms with E-state index in [1.807, 2.05) is 12.3 Å². The summed E-state index contributed by atoms with van der Waals surface area (Å²) >= 11 is 0. The van der Waals surface area contributed by atoms with Crippen molar-refractivity contribution in [1.82, 2.24) is 15.3 Å². The van der Waals surface area contributed by atoms with E-state index in [4.69, 9.17) is 25.0 Å². The highest BCUT2D eigenvalue weighted by Crippen LogP contribution is 2.50. The molecule has 3 atom stereocenters. The van der Waals surface area contributed by atoms with Crippen LogP contribution in [0.15, 0.2) is 47.6 Å². The molecule has 2 unspecified atom stereocenters. The highest BCUT2D eigenvalue weighted by atomic mass is 16.7. The van der Waals surface area contributed by atoms with Gasteiger partial charge in [-0.05, 0) is 56.0 Å². The van der Waals surface area contributed by atoms with Gasteiger partial charge in [0.2, 0.25) is 11.7 Å². The summed E-state index contributed by atoms with van der Waals surface area (Å²) in [5.74, 6) is 1.53. The van der Waals surface area contributed by atoms with Crippen LogP contribution in [-0.4, -0.2) is 46.6 Å². The van der Waals surface area contributed by atoms with Crippen molar-refractivity contribution in [3.63, 3.8) is 0 Å². The lowest BCUT2D eigenvalue weighted by atomic mass is 9.79. The van der Waals surface area contributed by atoms with Gasteiger partial charge in [-0.1, -0.05) is 18.2 Å². The highest BCUT2D eigenvalue weighted by Gasteiger charge is 2.51. The minimum Gasteiger partial charge on any atom is -0.489 e. The number of guanidine groups is 1. The van der Waals surface area contributed by atoms with Crippen LogP contribution in [0.4, 0.5) is 0 Å². The maximum atomic E-state index is 6.59. The Bertz CT molecular complexity index is 1250. The van der Waals surface area contributed by atoms with Crippen molar-refractivity contribution in [3.05, 3.63) is 48.2 Å². The molecule has 3 N–H and O–H groups in total. The molecule has 6 rings (SSSR count). The van der Waals surface area contributed by atoms with Crippen molar-refractivity contribution in [2.75, 3.05) is 13.7 Å². The van der Waals surface area contributed by atoms with Gasteiger partial charge in [-0.2, -0.15) is 5.10 Å². The molecule has 0 radical (unpaired) electrons. The number of fused-ring (bicyclic) bond motifs is 3. The molecule has 8 nitrogen and oxygen atoms in total. The molecule has 0 aliphatic carbocycles. The molecule has 33 heavy (non-hydrogen) atoms. The van der Waals surface area contributed by atoms with Crippen LogP contribution in [0.5, 0.6) is 5.75 Å². The van der Waals surface area contributed by atoms with Gasteiger partial charge in [-0.15, -0.1) is 0 Å². The molecular weight excluding hydrogens is 418 g/mol. The van der Waals surface area contributed by atoms with Crippen molar-refractivity contribution in [3.8, 4) is 16.9 Å². The van der Waals surface area contributed by atoms with Crippen molar-refractivity contribution in [2.24, 2.45) is 16.6 Å². The number of aromatic amines is 1. The number of rotatable bonds is 2. The zero-order valence-electron chi connectivity index (χ0n) is 19.2. The van der Waals surface area contributed by atoms with Crippen LogP contribution >= 0.6 is 0 Å². The number of nitrogens with two attached hydrogens (primary N) is 1. The molecule has 0 amide bonds. The Kier molecular flexibility index (Phi) is 4.47. The van der Waals surface area contributed by atoms with Crippen LogP contribution in [0.1, 0.15) is 38.7 Å². The lowest BCUT2D eigenvalue weighted by molar-refractivity contribution is -0.198. The van der Waals surface area contributed by atoms with Crippen molar-refractivity contribution >= 4 is 16.9 Å². The number of hydrogen-bond acceptors (Lipinski definition) is 7. The van der Waals surface area contributed by atoms with E-state index in [1.54, 1.807) is 12.1 Å². The molecule has 1 saturated heterocycles. The fourth-order valence-corrected chi connectivity index (χ4v) is 5.42. The van der Waals surface area contributed by atoms with Gasteiger partial charge in [0, 0.05) is 31.4 Å². The first kappa shape index (κ1) is 20.5. The molecule has 172 valence electrons. The molecule has 3 aliphatic rings. The van der Waals surface area contributed by atoms with Gasteiger partial charge in [0.15, 0.2) is 0 Å². The zero-order valence-corrected chi connectivity index (χ0v) is 19.2. The summed E-state index contributed by atoms with van der Waals surface area (Å²) in [6, 6.07) is 12.5. The SMILES string of the molecule is CN1OC2(C[C@H](C3CCOC(C)(C)C3)Oc3ccc(-c4ccc5cn[nH]c5c4)cc32)N=C1N. The van der Waals surface area contributed by atoms with E-state index in [9.17, 15) is 0 Å². The number of hydrogen-bond donors (Lipinski definition) is 2. The first-order chi connectivity index (χ1) is 15.8. The number of hydroxylamine groups is 2. The Hall–Kier alpha value is -3.10. The van der Waals surface area contributed by atoms with E-state index in [0.717, 1.165) is 52.8 Å². The second-order valence-electron chi connectivity index (χ2n) is 9.95. The second kappa shape index (κ2) is 7.20. The predicted molar refractivity (Wildman–Crippen MR) is 125 cm³/mol. The van der Waals surface area contributed by atoms with Gasteiger partial charge in [0.05, 0.1) is 22.9 Å². The van der Waals surface area contributed by atoms with Crippen molar-refractivity contribution in [1.29, 1.82) is 0 Å². The predicted octanol–water partition coefficient (Wildman–Crippen LogP) is 3.93. The van der Waals surface area contributed by atoms with Gasteiger partial charge >= 0.3 is 0 Å². The first-order valence-corrected chi connectivity index (χ1v) is 11.5. The minimum atomic E-state index is -0.895. The summed E-state index contributed by atoms with van der Waals surface area (Å²) in [4.78, 5) is 11.2. The van der Waals surface area contributed by atoms with Gasteiger partial charge in [0.25, 0.3) is 0 Å². The third kappa shape index (κ3) is 3.45. The Balaban J connectivity index is 1.41. The van der Waals surface area contributed by atoms with Crippen LogP contribution in [0.25, 0.3) is 22.0 Å². The Morgan fingerprint density at radius 1 is 1.12 bits per heavy atom. The Labute approximate surface area is 192 Å². The van der Waals surface area contributed by atoms with E-state index in [0.29, 0.717) is 18.3 Å². The lowest BCUT2D eigenvalue weighted by Gasteiger charge is -2.44. The van der Waals surface area contributed by atoms with E-state index < -0.39 is 5.72 Å². The van der Waals surface area contributed by atoms with Gasteiger partial charge < -0.3 is 15.2 Å². The molecule has 1 fully saturated rings. The number of aliphatic imine (C=N–C) groups is 1. The lowest BCUT2D eigenvalue weighted by Crippen LogP contribution is -2.46. The van der Waals surface area contributed by atoms with E-state index in [1.165, 1.54) is 0 Å². The quantitative estimate of drug-likeness (QED) is 0.618. The summed E-state index contributed by atoms with van der Waals surface area (Å²) in [6.07, 6.45) is 4.29. The largest absolute Gasteiger partial charge is 0.489 e. The van der Waals surface area contributed by atoms with Gasteiger partial charge in [0.1, 0.15) is 11.9 Å². The standard InChI is InChI=1S/C25H29N5O3/c1-24(2)12-17(8-9-31-24)22-13-25(28-23(26)30(3)33-25)19-10-15(6-7-21(19)32-22)16-4-5-18-14-27-29-20(18)11-16/h4-7,10-11,14,17,22H,8-9,12-13H2,1-3H3,(H2,26,28)(H,27,29)/t17?,22-,25?/m1/s1. The summed E-state index contributed by atoms with van der Waals surface area (Å²) in [7, 11) is 1.80. The molecule has 3 aliphatic heterocycles. The van der Waals surface area contributed by atoms with E-state index >= 15 is 0 Å². The van der Waals surface area contributed by atoms with Gasteiger partial charge in [-0.25, -0.2) is 14.9 Å². The highest BCUT2D eigenvalue weighted by molar-refractivity contribution is 5.84. The molecule has 0 bridgehead atoms. The summed E-state index contributed by atoms with van der Waals surface area (Å²) in [5.41, 5.74) is 9.17. The number of H-pyrrole nitrogens is 1. The fourth-order valence-electron chi connectivity index (χ4n) is 5.42. The van der Waals surface area contributed by atoms with Crippen LogP contribution in [0, 0.1) is 5.92 Å². The van der Waals surface area contributed by atoms with E-state index in [2.05, 4.69) is 54.4 Å². The number of benzene rings is 2. The third-order valence-electron chi connectivity index (χ3n) is 7.10. The second-order valence-corrected chi connectivity index (χ2v) is 9.95. The van der Waals surface area contributed by atoms with Crippen LogP contribution in [0.3, 0.4) is 0 Å². The average molecular weight is 448 g/mol. The number of aromatic nitrogens is 2. The third-order valence-corrected chi connectivity index (χ3v) is 7.10. The summed E-state index contributed by atoms with van der Waals surface area (Å²) in [6.45, 7) is 5.02. The number of nitrogens with one attached hydrogen (secondary N) is 1. The molecule has 4 heterocycles. The van der Waals surface area contributed by atoms with Crippen LogP contribution in [-0.2, 0) is 15.3 Å². The maximum Gasteiger partial charge on any atom is 0.221 e. The van der Waals surface area contributed by atoms with Crippen molar-refractivity contribution < 1.29 is 14.3 Å². The topological polar surface area (TPSA) is 98.0 Å². The van der Waals surface area contributed by atoms with Gasteiger partial charge in [-0.3, -0.25) is 5.10 Å². The van der Waals surface area contributed by atoms with Crippen LogP contribution in [0.2, 0.25) is 0 Å².